The van der Waals surface area contributed by atoms with Crippen LogP contribution in [0.5, 0.6) is 0 Å². The molecule has 2 rings (SSSR count). The summed E-state index contributed by atoms with van der Waals surface area (Å²) in [6.45, 7) is 3.92. The van der Waals surface area contributed by atoms with Gasteiger partial charge >= 0.3 is 0 Å². The molecule has 2 aromatic rings. The van der Waals surface area contributed by atoms with Gasteiger partial charge in [-0.3, -0.25) is 9.78 Å². The fourth-order valence-electron chi connectivity index (χ4n) is 1.75. The Kier molecular flexibility index (Phi) is 4.32. The van der Waals surface area contributed by atoms with Crippen LogP contribution in [-0.4, -0.2) is 10.9 Å². The quantitative estimate of drug-likeness (QED) is 0.866. The molecule has 19 heavy (non-hydrogen) atoms. The average molecular weight is 319 g/mol. The first-order valence-electron chi connectivity index (χ1n) is 6.05. The lowest BCUT2D eigenvalue weighted by Gasteiger charge is -2.12. The Labute approximate surface area is 121 Å². The summed E-state index contributed by atoms with van der Waals surface area (Å²) in [4.78, 5) is 16.4. The molecular weight excluding hydrogens is 304 g/mol. The summed E-state index contributed by atoms with van der Waals surface area (Å²) >= 11 is 3.53. The smallest absolute Gasteiger partial charge is 0.257 e. The number of anilines is 1. The van der Waals surface area contributed by atoms with Gasteiger partial charge in [0.05, 0.1) is 5.56 Å². The molecule has 1 aromatic heterocycles. The monoisotopic (exact) mass is 318 g/mol. The summed E-state index contributed by atoms with van der Waals surface area (Å²) in [5.41, 5.74) is 3.32. The molecule has 0 spiro atoms. The van der Waals surface area contributed by atoms with E-state index < -0.39 is 0 Å². The van der Waals surface area contributed by atoms with Crippen LogP contribution >= 0.6 is 15.9 Å². The van der Waals surface area contributed by atoms with Gasteiger partial charge < -0.3 is 5.32 Å². The number of hydrogen-bond acceptors (Lipinski definition) is 2. The minimum atomic E-state index is -0.145. The van der Waals surface area contributed by atoms with Gasteiger partial charge in [-0.1, -0.05) is 34.1 Å². The number of halogens is 1. The van der Waals surface area contributed by atoms with Crippen molar-refractivity contribution in [3.63, 3.8) is 0 Å². The Morgan fingerprint density at radius 3 is 2.63 bits per heavy atom. The van der Waals surface area contributed by atoms with Crippen molar-refractivity contribution in [2.45, 2.75) is 18.7 Å². The van der Waals surface area contributed by atoms with Gasteiger partial charge in [0.25, 0.3) is 5.91 Å². The van der Waals surface area contributed by atoms with Crippen molar-refractivity contribution in [1.29, 1.82) is 0 Å². The number of hydrogen-bond donors (Lipinski definition) is 1. The number of carbonyl (C=O) groups is 1. The van der Waals surface area contributed by atoms with E-state index in [1.165, 1.54) is 0 Å². The zero-order chi connectivity index (χ0) is 13.8. The van der Waals surface area contributed by atoms with Gasteiger partial charge in [-0.15, -0.1) is 0 Å². The van der Waals surface area contributed by atoms with Crippen molar-refractivity contribution in [1.82, 2.24) is 4.98 Å². The SMILES string of the molecule is Cc1ccc(C(=O)Nc2ccccc2C(C)Br)cn1. The molecule has 0 saturated heterocycles. The van der Waals surface area contributed by atoms with Gasteiger partial charge in [0.2, 0.25) is 0 Å². The van der Waals surface area contributed by atoms with Gasteiger partial charge in [-0.25, -0.2) is 0 Å². The molecule has 0 aliphatic carbocycles. The highest BCUT2D eigenvalue weighted by Gasteiger charge is 2.11. The van der Waals surface area contributed by atoms with E-state index in [-0.39, 0.29) is 10.7 Å². The van der Waals surface area contributed by atoms with Crippen molar-refractivity contribution in [2.24, 2.45) is 0 Å². The van der Waals surface area contributed by atoms with Crippen LogP contribution in [0.4, 0.5) is 5.69 Å². The second kappa shape index (κ2) is 5.97. The number of amides is 1. The van der Waals surface area contributed by atoms with E-state index in [9.17, 15) is 4.79 Å². The summed E-state index contributed by atoms with van der Waals surface area (Å²) in [6, 6.07) is 11.3. The second-order valence-electron chi connectivity index (χ2n) is 4.35. The van der Waals surface area contributed by atoms with Gasteiger partial charge in [-0.2, -0.15) is 0 Å². The number of nitrogens with one attached hydrogen (secondary N) is 1. The van der Waals surface area contributed by atoms with Gasteiger partial charge in [-0.05, 0) is 37.6 Å². The van der Waals surface area contributed by atoms with E-state index in [2.05, 4.69) is 26.2 Å². The number of carbonyl (C=O) groups excluding carboxylic acids is 1. The third-order valence-electron chi connectivity index (χ3n) is 2.81. The minimum absolute atomic E-state index is 0.145. The summed E-state index contributed by atoms with van der Waals surface area (Å²) in [7, 11) is 0. The summed E-state index contributed by atoms with van der Waals surface area (Å²) in [5.74, 6) is -0.145. The fraction of sp³-hybridized carbons (Fsp3) is 0.200. The number of alkyl halides is 1. The average Bonchev–Trinajstić information content (AvgIpc) is 2.39. The van der Waals surface area contributed by atoms with E-state index in [0.29, 0.717) is 5.56 Å². The normalized spacial score (nSPS) is 11.9. The zero-order valence-electron chi connectivity index (χ0n) is 10.9. The predicted octanol–water partition coefficient (Wildman–Crippen LogP) is 4.10. The van der Waals surface area contributed by atoms with E-state index in [1.54, 1.807) is 12.3 Å². The predicted molar refractivity (Wildman–Crippen MR) is 80.7 cm³/mol. The van der Waals surface area contributed by atoms with E-state index in [0.717, 1.165) is 16.9 Å². The topological polar surface area (TPSA) is 42.0 Å². The molecule has 1 unspecified atom stereocenters. The van der Waals surface area contributed by atoms with Crippen molar-refractivity contribution in [3.8, 4) is 0 Å². The summed E-state index contributed by atoms with van der Waals surface area (Å²) in [5, 5.41) is 2.92. The molecule has 1 aromatic carbocycles. The number of aromatic nitrogens is 1. The molecule has 0 radical (unpaired) electrons. The van der Waals surface area contributed by atoms with Crippen molar-refractivity contribution < 1.29 is 4.79 Å². The highest BCUT2D eigenvalue weighted by Crippen LogP contribution is 2.28. The lowest BCUT2D eigenvalue weighted by molar-refractivity contribution is 0.102. The Hall–Kier alpha value is -1.68. The van der Waals surface area contributed by atoms with Crippen LogP contribution in [0, 0.1) is 6.92 Å². The Morgan fingerprint density at radius 1 is 1.26 bits per heavy atom. The standard InChI is InChI=1S/C15H15BrN2O/c1-10-7-8-12(9-17-10)15(19)18-14-6-4-3-5-13(14)11(2)16/h3-9,11H,1-2H3,(H,18,19). The van der Waals surface area contributed by atoms with Gasteiger partial charge in [0.15, 0.2) is 0 Å². The maximum absolute atomic E-state index is 12.1. The van der Waals surface area contributed by atoms with E-state index in [4.69, 9.17) is 0 Å². The van der Waals surface area contributed by atoms with Gasteiger partial charge in [0.1, 0.15) is 0 Å². The van der Waals surface area contributed by atoms with Crippen LogP contribution in [-0.2, 0) is 0 Å². The van der Waals surface area contributed by atoms with E-state index in [1.807, 2.05) is 44.2 Å². The molecule has 98 valence electrons. The highest BCUT2D eigenvalue weighted by atomic mass is 79.9. The van der Waals surface area contributed by atoms with Crippen molar-refractivity contribution >= 4 is 27.5 Å². The number of nitrogens with zero attached hydrogens (tertiary/aromatic N) is 1. The molecule has 1 amide bonds. The van der Waals surface area contributed by atoms with Crippen molar-refractivity contribution in [2.75, 3.05) is 5.32 Å². The minimum Gasteiger partial charge on any atom is -0.322 e. The Morgan fingerprint density at radius 2 is 2.00 bits per heavy atom. The van der Waals surface area contributed by atoms with Crippen LogP contribution in [0.25, 0.3) is 0 Å². The lowest BCUT2D eigenvalue weighted by Crippen LogP contribution is -2.13. The van der Waals surface area contributed by atoms with Crippen molar-refractivity contribution in [3.05, 3.63) is 59.4 Å². The molecule has 0 saturated carbocycles. The maximum Gasteiger partial charge on any atom is 0.257 e. The molecule has 4 heteroatoms. The van der Waals surface area contributed by atoms with Crippen LogP contribution in [0.3, 0.4) is 0 Å². The fourth-order valence-corrected chi connectivity index (χ4v) is 2.15. The molecule has 0 aliphatic heterocycles. The van der Waals surface area contributed by atoms with Crippen LogP contribution < -0.4 is 5.32 Å². The third-order valence-corrected chi connectivity index (χ3v) is 3.30. The largest absolute Gasteiger partial charge is 0.322 e. The molecule has 0 aliphatic rings. The van der Waals surface area contributed by atoms with E-state index >= 15 is 0 Å². The number of benzene rings is 1. The maximum atomic E-state index is 12.1. The van der Waals surface area contributed by atoms with Gasteiger partial charge in [0, 0.05) is 22.4 Å². The first-order valence-corrected chi connectivity index (χ1v) is 6.96. The molecule has 0 fully saturated rings. The first-order chi connectivity index (χ1) is 9.08. The molecule has 1 atom stereocenters. The third kappa shape index (κ3) is 3.41. The number of pyridine rings is 1. The second-order valence-corrected chi connectivity index (χ2v) is 5.72. The number of aryl methyl sites for hydroxylation is 1. The van der Waals surface area contributed by atoms with Crippen LogP contribution in [0.1, 0.15) is 33.4 Å². The Balaban J connectivity index is 2.22. The summed E-state index contributed by atoms with van der Waals surface area (Å²) < 4.78 is 0. The van der Waals surface area contributed by atoms with Crippen LogP contribution in [0.2, 0.25) is 0 Å². The van der Waals surface area contributed by atoms with Crippen LogP contribution in [0.15, 0.2) is 42.6 Å². The zero-order valence-corrected chi connectivity index (χ0v) is 12.4. The Bertz CT molecular complexity index is 579. The molecular formula is C15H15BrN2O. The molecule has 1 heterocycles. The highest BCUT2D eigenvalue weighted by molar-refractivity contribution is 9.09. The molecule has 1 N–H and O–H groups in total. The number of rotatable bonds is 3. The molecule has 0 bridgehead atoms. The molecule has 3 nitrogen and oxygen atoms in total. The lowest BCUT2D eigenvalue weighted by atomic mass is 10.1. The number of para-hydroxylation sites is 1. The first kappa shape index (κ1) is 13.7. The summed E-state index contributed by atoms with van der Waals surface area (Å²) in [6.07, 6.45) is 1.59.